The number of thiocarbonyl (C=S) groups is 1. The van der Waals surface area contributed by atoms with Crippen molar-refractivity contribution in [3.8, 4) is 0 Å². The zero-order valence-corrected chi connectivity index (χ0v) is 11.0. The summed E-state index contributed by atoms with van der Waals surface area (Å²) in [6.45, 7) is 4.40. The summed E-state index contributed by atoms with van der Waals surface area (Å²) in [6, 6.07) is 3.60. The van der Waals surface area contributed by atoms with Gasteiger partial charge in [-0.25, -0.2) is 4.98 Å². The molecule has 0 spiro atoms. The van der Waals surface area contributed by atoms with Crippen LogP contribution in [-0.2, 0) is 6.54 Å². The standard InChI is InChI=1S/C12H14N4OS/c1-7-10(8(2)17-16-7)6-15-11-5-9(12(13)18)3-4-14-11/h3-5H,6H2,1-2H3,(H2,13,18)(H,14,15). The summed E-state index contributed by atoms with van der Waals surface area (Å²) in [6.07, 6.45) is 1.67. The molecule has 18 heavy (non-hydrogen) atoms. The summed E-state index contributed by atoms with van der Waals surface area (Å²) in [7, 11) is 0. The first-order valence-corrected chi connectivity index (χ1v) is 5.90. The van der Waals surface area contributed by atoms with E-state index in [4.69, 9.17) is 22.5 Å². The van der Waals surface area contributed by atoms with Gasteiger partial charge in [-0.1, -0.05) is 17.4 Å². The lowest BCUT2D eigenvalue weighted by Gasteiger charge is -2.06. The molecular weight excluding hydrogens is 248 g/mol. The monoisotopic (exact) mass is 262 g/mol. The minimum absolute atomic E-state index is 0.359. The van der Waals surface area contributed by atoms with Gasteiger partial charge in [-0.3, -0.25) is 0 Å². The minimum atomic E-state index is 0.359. The zero-order valence-electron chi connectivity index (χ0n) is 10.2. The van der Waals surface area contributed by atoms with Crippen molar-refractivity contribution < 1.29 is 4.52 Å². The van der Waals surface area contributed by atoms with E-state index in [-0.39, 0.29) is 0 Å². The Morgan fingerprint density at radius 1 is 1.50 bits per heavy atom. The summed E-state index contributed by atoms with van der Waals surface area (Å²) >= 11 is 4.92. The van der Waals surface area contributed by atoms with Crippen LogP contribution in [0.1, 0.15) is 22.6 Å². The molecule has 2 heterocycles. The van der Waals surface area contributed by atoms with Crippen LogP contribution in [0.2, 0.25) is 0 Å². The second-order valence-electron chi connectivity index (χ2n) is 3.95. The molecule has 0 unspecified atom stereocenters. The molecule has 3 N–H and O–H groups in total. The molecule has 0 radical (unpaired) electrons. The second-order valence-corrected chi connectivity index (χ2v) is 4.39. The first-order chi connectivity index (χ1) is 8.58. The topological polar surface area (TPSA) is 77.0 Å². The maximum atomic E-state index is 5.57. The average molecular weight is 262 g/mol. The average Bonchev–Trinajstić information content (AvgIpc) is 2.67. The number of nitrogens with zero attached hydrogens (tertiary/aromatic N) is 2. The summed E-state index contributed by atoms with van der Waals surface area (Å²) < 4.78 is 5.09. The molecule has 0 bridgehead atoms. The lowest BCUT2D eigenvalue weighted by molar-refractivity contribution is 0.392. The maximum Gasteiger partial charge on any atom is 0.138 e. The van der Waals surface area contributed by atoms with Crippen molar-refractivity contribution in [2.45, 2.75) is 20.4 Å². The van der Waals surface area contributed by atoms with Gasteiger partial charge in [0.05, 0.1) is 5.69 Å². The van der Waals surface area contributed by atoms with Crippen LogP contribution < -0.4 is 11.1 Å². The molecular formula is C12H14N4OS. The zero-order chi connectivity index (χ0) is 13.1. The van der Waals surface area contributed by atoms with Gasteiger partial charge in [-0.2, -0.15) is 0 Å². The number of nitrogens with one attached hydrogen (secondary N) is 1. The number of aryl methyl sites for hydroxylation is 2. The van der Waals surface area contributed by atoms with E-state index in [2.05, 4.69) is 15.5 Å². The number of nitrogens with two attached hydrogens (primary N) is 1. The SMILES string of the molecule is Cc1noc(C)c1CNc1cc(C(N)=S)ccn1. The molecule has 0 aliphatic heterocycles. The number of aromatic nitrogens is 2. The Kier molecular flexibility index (Phi) is 3.57. The molecule has 0 aliphatic carbocycles. The van der Waals surface area contributed by atoms with Gasteiger partial charge in [-0.15, -0.1) is 0 Å². The fourth-order valence-corrected chi connectivity index (χ4v) is 1.74. The number of anilines is 1. The molecule has 2 rings (SSSR count). The maximum absolute atomic E-state index is 5.57. The first kappa shape index (κ1) is 12.5. The number of hydrogen-bond donors (Lipinski definition) is 2. The van der Waals surface area contributed by atoms with Crippen molar-refractivity contribution in [2.75, 3.05) is 5.32 Å². The Morgan fingerprint density at radius 2 is 2.28 bits per heavy atom. The Labute approximate surface area is 110 Å². The molecule has 0 aromatic carbocycles. The quantitative estimate of drug-likeness (QED) is 0.820. The molecule has 0 saturated carbocycles. The smallest absolute Gasteiger partial charge is 0.138 e. The summed E-state index contributed by atoms with van der Waals surface area (Å²) in [5.74, 6) is 1.53. The summed E-state index contributed by atoms with van der Waals surface area (Å²) in [4.78, 5) is 4.56. The number of hydrogen-bond acceptors (Lipinski definition) is 5. The van der Waals surface area contributed by atoms with Gasteiger partial charge >= 0.3 is 0 Å². The van der Waals surface area contributed by atoms with Gasteiger partial charge in [0.2, 0.25) is 0 Å². The largest absolute Gasteiger partial charge is 0.389 e. The lowest BCUT2D eigenvalue weighted by atomic mass is 10.2. The van der Waals surface area contributed by atoms with Crippen LogP contribution in [0, 0.1) is 13.8 Å². The van der Waals surface area contributed by atoms with E-state index in [1.54, 1.807) is 12.3 Å². The summed E-state index contributed by atoms with van der Waals surface area (Å²) in [5, 5.41) is 7.10. The van der Waals surface area contributed by atoms with Crippen LogP contribution >= 0.6 is 12.2 Å². The molecule has 0 aliphatic rings. The van der Waals surface area contributed by atoms with Crippen molar-refractivity contribution in [2.24, 2.45) is 5.73 Å². The van der Waals surface area contributed by atoms with Gasteiger partial charge in [0.15, 0.2) is 0 Å². The van der Waals surface area contributed by atoms with Gasteiger partial charge in [0, 0.05) is 23.9 Å². The summed E-state index contributed by atoms with van der Waals surface area (Å²) in [5.41, 5.74) is 8.28. The van der Waals surface area contributed by atoms with Crippen LogP contribution in [0.15, 0.2) is 22.9 Å². The van der Waals surface area contributed by atoms with Crippen molar-refractivity contribution in [1.29, 1.82) is 0 Å². The molecule has 0 fully saturated rings. The minimum Gasteiger partial charge on any atom is -0.389 e. The Bertz CT molecular complexity index is 560. The molecule has 5 nitrogen and oxygen atoms in total. The third kappa shape index (κ3) is 2.65. The van der Waals surface area contributed by atoms with Gasteiger partial charge < -0.3 is 15.6 Å². The van der Waals surface area contributed by atoms with E-state index >= 15 is 0 Å². The van der Waals surface area contributed by atoms with E-state index in [1.165, 1.54) is 0 Å². The number of pyridine rings is 1. The third-order valence-corrected chi connectivity index (χ3v) is 2.91. The van der Waals surface area contributed by atoms with Crippen LogP contribution in [0.25, 0.3) is 0 Å². The molecule has 94 valence electrons. The highest BCUT2D eigenvalue weighted by atomic mass is 32.1. The van der Waals surface area contributed by atoms with E-state index in [0.717, 1.165) is 28.4 Å². The second kappa shape index (κ2) is 5.14. The molecule has 0 saturated heterocycles. The molecule has 0 amide bonds. The van der Waals surface area contributed by atoms with Gasteiger partial charge in [-0.05, 0) is 26.0 Å². The lowest BCUT2D eigenvalue weighted by Crippen LogP contribution is -2.10. The van der Waals surface area contributed by atoms with Gasteiger partial charge in [0.1, 0.15) is 16.6 Å². The van der Waals surface area contributed by atoms with E-state index in [1.807, 2.05) is 19.9 Å². The molecule has 6 heteroatoms. The predicted octanol–water partition coefficient (Wildman–Crippen LogP) is 1.93. The number of rotatable bonds is 4. The highest BCUT2D eigenvalue weighted by Crippen LogP contribution is 2.14. The molecule has 0 atom stereocenters. The molecule has 2 aromatic rings. The highest BCUT2D eigenvalue weighted by Gasteiger charge is 2.08. The first-order valence-electron chi connectivity index (χ1n) is 5.49. The van der Waals surface area contributed by atoms with Crippen molar-refractivity contribution >= 4 is 23.0 Å². The van der Waals surface area contributed by atoms with Crippen LogP contribution in [0.3, 0.4) is 0 Å². The predicted molar refractivity (Wildman–Crippen MR) is 73.4 cm³/mol. The Morgan fingerprint density at radius 3 is 2.89 bits per heavy atom. The van der Waals surface area contributed by atoms with Crippen molar-refractivity contribution in [3.05, 3.63) is 40.9 Å². The Balaban J connectivity index is 2.11. The van der Waals surface area contributed by atoms with E-state index in [0.29, 0.717) is 11.5 Å². The van der Waals surface area contributed by atoms with Gasteiger partial charge in [0.25, 0.3) is 0 Å². The van der Waals surface area contributed by atoms with Crippen LogP contribution in [0.4, 0.5) is 5.82 Å². The highest BCUT2D eigenvalue weighted by molar-refractivity contribution is 7.80. The normalized spacial score (nSPS) is 10.3. The van der Waals surface area contributed by atoms with Crippen LogP contribution in [0.5, 0.6) is 0 Å². The third-order valence-electron chi connectivity index (χ3n) is 2.67. The molecule has 2 aromatic heterocycles. The van der Waals surface area contributed by atoms with Crippen molar-refractivity contribution in [1.82, 2.24) is 10.1 Å². The Hall–Kier alpha value is -1.95. The van der Waals surface area contributed by atoms with Crippen LogP contribution in [-0.4, -0.2) is 15.1 Å². The van der Waals surface area contributed by atoms with E-state index < -0.39 is 0 Å². The van der Waals surface area contributed by atoms with Crippen molar-refractivity contribution in [3.63, 3.8) is 0 Å². The fourth-order valence-electron chi connectivity index (χ4n) is 1.61. The fraction of sp³-hybridized carbons (Fsp3) is 0.250. The van der Waals surface area contributed by atoms with E-state index in [9.17, 15) is 0 Å².